The van der Waals surface area contributed by atoms with Crippen LogP contribution in [0.1, 0.15) is 35.2 Å². The summed E-state index contributed by atoms with van der Waals surface area (Å²) in [6.45, 7) is 8.02. The summed E-state index contributed by atoms with van der Waals surface area (Å²) < 4.78 is 5.20. The van der Waals surface area contributed by atoms with Crippen molar-refractivity contribution in [2.75, 3.05) is 20.1 Å². The van der Waals surface area contributed by atoms with Crippen molar-refractivity contribution in [1.29, 1.82) is 0 Å². The molecule has 2 rings (SSSR count). The quantitative estimate of drug-likeness (QED) is 0.436. The molecule has 0 bridgehead atoms. The molecular weight excluding hydrogens is 320 g/mol. The topological polar surface area (TPSA) is 62.5 Å². The summed E-state index contributed by atoms with van der Waals surface area (Å²) in [4.78, 5) is 5.73. The molecule has 0 radical (unpaired) electrons. The molecule has 1 atom stereocenters. The number of hydrogen-bond acceptors (Lipinski definition) is 4. The summed E-state index contributed by atoms with van der Waals surface area (Å²) in [5.74, 6) is 2.37. The van der Waals surface area contributed by atoms with Gasteiger partial charge in [-0.15, -0.1) is 11.3 Å². The molecular formula is C18H28N4OS. The maximum absolute atomic E-state index is 5.20. The Labute approximate surface area is 148 Å². The van der Waals surface area contributed by atoms with E-state index in [-0.39, 0.29) is 0 Å². The largest absolute Gasteiger partial charge is 0.361 e. The molecule has 5 nitrogen and oxygen atoms in total. The summed E-state index contributed by atoms with van der Waals surface area (Å²) in [6.07, 6.45) is 3.10. The van der Waals surface area contributed by atoms with E-state index in [1.54, 1.807) is 0 Å². The average molecular weight is 349 g/mol. The highest BCUT2D eigenvalue weighted by Gasteiger charge is 2.09. The first kappa shape index (κ1) is 18.5. The smallest absolute Gasteiger partial charge is 0.190 e. The maximum Gasteiger partial charge on any atom is 0.190 e. The number of guanidine groups is 1. The van der Waals surface area contributed by atoms with Gasteiger partial charge in [0.2, 0.25) is 0 Å². The molecule has 2 N–H and O–H groups in total. The minimum Gasteiger partial charge on any atom is -0.361 e. The van der Waals surface area contributed by atoms with Gasteiger partial charge in [0.1, 0.15) is 5.76 Å². The standard InChI is InChI=1S/C18H28N4OS/c1-13(11-16-7-6-10-24-16)12-21-18(19-4)20-9-5-8-17-14(2)22-23-15(17)3/h6-7,10,13H,5,8-9,11-12H2,1-4H3,(H2,19,20,21). The predicted octanol–water partition coefficient (Wildman–Crippen LogP) is 3.33. The van der Waals surface area contributed by atoms with Crippen LogP contribution in [0.4, 0.5) is 0 Å². The van der Waals surface area contributed by atoms with Crippen LogP contribution in [-0.4, -0.2) is 31.3 Å². The third-order valence-electron chi connectivity index (χ3n) is 4.05. The van der Waals surface area contributed by atoms with E-state index in [9.17, 15) is 0 Å². The lowest BCUT2D eigenvalue weighted by atomic mass is 10.1. The van der Waals surface area contributed by atoms with Gasteiger partial charge in [0.05, 0.1) is 5.69 Å². The second kappa shape index (κ2) is 9.47. The Kier molecular flexibility index (Phi) is 7.31. The van der Waals surface area contributed by atoms with Crippen molar-refractivity contribution in [2.24, 2.45) is 10.9 Å². The van der Waals surface area contributed by atoms with E-state index < -0.39 is 0 Å². The number of aromatic nitrogens is 1. The molecule has 0 saturated carbocycles. The van der Waals surface area contributed by atoms with E-state index >= 15 is 0 Å². The molecule has 0 spiro atoms. The van der Waals surface area contributed by atoms with Gasteiger partial charge in [-0.3, -0.25) is 4.99 Å². The van der Waals surface area contributed by atoms with Crippen LogP contribution in [0, 0.1) is 19.8 Å². The van der Waals surface area contributed by atoms with Gasteiger partial charge in [-0.05, 0) is 50.5 Å². The third-order valence-corrected chi connectivity index (χ3v) is 4.95. The monoisotopic (exact) mass is 348 g/mol. The molecule has 0 saturated heterocycles. The zero-order valence-corrected chi connectivity index (χ0v) is 15.9. The lowest BCUT2D eigenvalue weighted by molar-refractivity contribution is 0.392. The SMILES string of the molecule is CN=C(NCCCc1c(C)noc1C)NCC(C)Cc1cccs1. The molecule has 0 amide bonds. The van der Waals surface area contributed by atoms with Gasteiger partial charge in [0.15, 0.2) is 5.96 Å². The van der Waals surface area contributed by atoms with Gasteiger partial charge >= 0.3 is 0 Å². The zero-order valence-electron chi connectivity index (χ0n) is 15.1. The Morgan fingerprint density at radius 3 is 2.83 bits per heavy atom. The van der Waals surface area contributed by atoms with Crippen LogP contribution in [0.25, 0.3) is 0 Å². The van der Waals surface area contributed by atoms with Crippen LogP contribution in [0.5, 0.6) is 0 Å². The molecule has 24 heavy (non-hydrogen) atoms. The highest BCUT2D eigenvalue weighted by atomic mass is 32.1. The number of thiophene rings is 1. The molecule has 0 aliphatic rings. The van der Waals surface area contributed by atoms with Crippen molar-refractivity contribution >= 4 is 17.3 Å². The van der Waals surface area contributed by atoms with Gasteiger partial charge in [-0.1, -0.05) is 18.1 Å². The molecule has 2 aromatic rings. The lowest BCUT2D eigenvalue weighted by Gasteiger charge is -2.15. The van der Waals surface area contributed by atoms with E-state index in [0.717, 1.165) is 49.8 Å². The Balaban J connectivity index is 1.65. The van der Waals surface area contributed by atoms with Gasteiger partial charge in [0, 0.05) is 30.6 Å². The zero-order chi connectivity index (χ0) is 17.4. The molecule has 132 valence electrons. The van der Waals surface area contributed by atoms with Gasteiger partial charge in [0.25, 0.3) is 0 Å². The first-order chi connectivity index (χ1) is 11.6. The molecule has 0 aliphatic carbocycles. The second-order valence-corrected chi connectivity index (χ2v) is 7.21. The Morgan fingerprint density at radius 2 is 2.21 bits per heavy atom. The summed E-state index contributed by atoms with van der Waals surface area (Å²) >= 11 is 1.82. The Bertz CT molecular complexity index is 614. The molecule has 2 aromatic heterocycles. The number of aliphatic imine (C=N–C) groups is 1. The van der Waals surface area contributed by atoms with Crippen LogP contribution < -0.4 is 10.6 Å². The first-order valence-electron chi connectivity index (χ1n) is 8.48. The Hall–Kier alpha value is -1.82. The van der Waals surface area contributed by atoms with Crippen LogP contribution in [0.3, 0.4) is 0 Å². The molecule has 6 heteroatoms. The number of aryl methyl sites for hydroxylation is 2. The van der Waals surface area contributed by atoms with Crippen molar-refractivity contribution in [1.82, 2.24) is 15.8 Å². The highest BCUT2D eigenvalue weighted by Crippen LogP contribution is 2.14. The minimum absolute atomic E-state index is 0.574. The summed E-state index contributed by atoms with van der Waals surface area (Å²) in [5, 5.41) is 12.9. The van der Waals surface area contributed by atoms with Crippen molar-refractivity contribution in [3.05, 3.63) is 39.4 Å². The van der Waals surface area contributed by atoms with Crippen molar-refractivity contribution < 1.29 is 4.52 Å². The first-order valence-corrected chi connectivity index (χ1v) is 9.36. The normalized spacial score (nSPS) is 13.1. The van der Waals surface area contributed by atoms with E-state index in [2.05, 4.69) is 45.2 Å². The number of rotatable bonds is 8. The van der Waals surface area contributed by atoms with E-state index in [1.165, 1.54) is 10.4 Å². The van der Waals surface area contributed by atoms with E-state index in [1.807, 2.05) is 32.2 Å². The lowest BCUT2D eigenvalue weighted by Crippen LogP contribution is -2.40. The molecule has 0 aromatic carbocycles. The second-order valence-electron chi connectivity index (χ2n) is 6.17. The van der Waals surface area contributed by atoms with Crippen LogP contribution in [0.2, 0.25) is 0 Å². The van der Waals surface area contributed by atoms with Crippen LogP contribution in [-0.2, 0) is 12.8 Å². The highest BCUT2D eigenvalue weighted by molar-refractivity contribution is 7.09. The van der Waals surface area contributed by atoms with Crippen molar-refractivity contribution in [2.45, 2.75) is 40.0 Å². The number of nitrogens with one attached hydrogen (secondary N) is 2. The summed E-state index contributed by atoms with van der Waals surface area (Å²) in [6, 6.07) is 4.31. The average Bonchev–Trinajstić information content (AvgIpc) is 3.18. The van der Waals surface area contributed by atoms with Gasteiger partial charge in [-0.25, -0.2) is 0 Å². The van der Waals surface area contributed by atoms with Crippen LogP contribution >= 0.6 is 11.3 Å². The third kappa shape index (κ3) is 5.67. The molecule has 2 heterocycles. The van der Waals surface area contributed by atoms with E-state index in [4.69, 9.17) is 4.52 Å². The van der Waals surface area contributed by atoms with Gasteiger partial charge < -0.3 is 15.2 Å². The fourth-order valence-corrected chi connectivity index (χ4v) is 3.54. The Morgan fingerprint density at radius 1 is 1.38 bits per heavy atom. The fraction of sp³-hybridized carbons (Fsp3) is 0.556. The van der Waals surface area contributed by atoms with Crippen LogP contribution in [0.15, 0.2) is 27.0 Å². The summed E-state index contributed by atoms with van der Waals surface area (Å²) in [5.41, 5.74) is 2.22. The van der Waals surface area contributed by atoms with Crippen molar-refractivity contribution in [3.63, 3.8) is 0 Å². The van der Waals surface area contributed by atoms with Crippen molar-refractivity contribution in [3.8, 4) is 0 Å². The fourth-order valence-electron chi connectivity index (χ4n) is 2.67. The maximum atomic E-state index is 5.20. The molecule has 1 unspecified atom stereocenters. The van der Waals surface area contributed by atoms with E-state index in [0.29, 0.717) is 5.92 Å². The minimum atomic E-state index is 0.574. The van der Waals surface area contributed by atoms with Gasteiger partial charge in [-0.2, -0.15) is 0 Å². The molecule has 0 aliphatic heterocycles. The molecule has 0 fully saturated rings. The number of nitrogens with zero attached hydrogens (tertiary/aromatic N) is 2. The predicted molar refractivity (Wildman–Crippen MR) is 101 cm³/mol. The summed E-state index contributed by atoms with van der Waals surface area (Å²) in [7, 11) is 1.81. The number of hydrogen-bond donors (Lipinski definition) is 2.